The maximum absolute atomic E-state index is 5.22. The van der Waals surface area contributed by atoms with Crippen molar-refractivity contribution >= 4 is 44.5 Å². The summed E-state index contributed by atoms with van der Waals surface area (Å²) in [5.74, 6) is 0. The number of pyridine rings is 3. The SMILES string of the molecule is Cc1ccc(-c2ccc3ccc4c(c3n2)NC(c2cccc(-c3ccc5ccc6ccc(-c7ccc(C)cc7)nc6c5n3)c2)C=C4)cc1. The van der Waals surface area contributed by atoms with Gasteiger partial charge in [-0.25, -0.2) is 15.0 Å². The molecule has 0 fully saturated rings. The molecule has 0 radical (unpaired) electrons. The molecule has 1 aliphatic heterocycles. The summed E-state index contributed by atoms with van der Waals surface area (Å²) in [6.45, 7) is 4.21. The lowest BCUT2D eigenvalue weighted by atomic mass is 9.96. The predicted molar refractivity (Wildman–Crippen MR) is 200 cm³/mol. The predicted octanol–water partition coefficient (Wildman–Crippen LogP) is 11.1. The number of nitrogens with one attached hydrogen (secondary N) is 1. The van der Waals surface area contributed by atoms with E-state index in [1.54, 1.807) is 0 Å². The Hall–Kier alpha value is -6.13. The highest BCUT2D eigenvalue weighted by Gasteiger charge is 2.19. The lowest BCUT2D eigenvalue weighted by Gasteiger charge is -2.24. The van der Waals surface area contributed by atoms with Crippen LogP contribution in [-0.4, -0.2) is 15.0 Å². The second-order valence-corrected chi connectivity index (χ2v) is 12.7. The molecule has 4 heterocycles. The van der Waals surface area contributed by atoms with E-state index in [9.17, 15) is 0 Å². The van der Waals surface area contributed by atoms with Gasteiger partial charge in [0.1, 0.15) is 0 Å². The third-order valence-corrected chi connectivity index (χ3v) is 9.42. The van der Waals surface area contributed by atoms with Crippen molar-refractivity contribution in [2.45, 2.75) is 19.9 Å². The van der Waals surface area contributed by atoms with E-state index in [1.165, 1.54) is 16.7 Å². The van der Waals surface area contributed by atoms with Crippen LogP contribution in [0.1, 0.15) is 28.3 Å². The van der Waals surface area contributed by atoms with Gasteiger partial charge < -0.3 is 5.32 Å². The van der Waals surface area contributed by atoms with Crippen LogP contribution in [0.5, 0.6) is 0 Å². The van der Waals surface area contributed by atoms with Crippen LogP contribution in [-0.2, 0) is 0 Å². The second kappa shape index (κ2) is 11.3. The average molecular weight is 617 g/mol. The number of rotatable bonds is 4. The molecule has 1 aliphatic rings. The Balaban J connectivity index is 1.08. The van der Waals surface area contributed by atoms with Gasteiger partial charge in [-0.1, -0.05) is 132 Å². The first-order valence-corrected chi connectivity index (χ1v) is 16.4. The third-order valence-electron chi connectivity index (χ3n) is 9.42. The largest absolute Gasteiger partial charge is 0.372 e. The van der Waals surface area contributed by atoms with Crippen molar-refractivity contribution in [2.75, 3.05) is 5.32 Å². The van der Waals surface area contributed by atoms with Crippen LogP contribution in [0.2, 0.25) is 0 Å². The Bertz CT molecular complexity index is 2550. The molecule has 4 heteroatoms. The molecule has 0 saturated heterocycles. The number of aromatic nitrogens is 3. The summed E-state index contributed by atoms with van der Waals surface area (Å²) >= 11 is 0. The molecule has 4 nitrogen and oxygen atoms in total. The molecule has 1 unspecified atom stereocenters. The first kappa shape index (κ1) is 28.1. The van der Waals surface area contributed by atoms with Gasteiger partial charge in [-0.2, -0.15) is 0 Å². The van der Waals surface area contributed by atoms with Crippen LogP contribution >= 0.6 is 0 Å². The minimum absolute atomic E-state index is 0.00657. The maximum atomic E-state index is 5.22. The van der Waals surface area contributed by atoms with Crippen molar-refractivity contribution in [1.82, 2.24) is 15.0 Å². The summed E-state index contributed by atoms with van der Waals surface area (Å²) in [5, 5.41) is 7.10. The van der Waals surface area contributed by atoms with Gasteiger partial charge >= 0.3 is 0 Å². The van der Waals surface area contributed by atoms with E-state index in [1.807, 2.05) is 0 Å². The van der Waals surface area contributed by atoms with E-state index in [0.717, 1.165) is 77.7 Å². The monoisotopic (exact) mass is 616 g/mol. The zero-order valence-corrected chi connectivity index (χ0v) is 26.8. The highest BCUT2D eigenvalue weighted by Crippen LogP contribution is 2.37. The molecular weight excluding hydrogens is 585 g/mol. The van der Waals surface area contributed by atoms with Crippen molar-refractivity contribution in [3.05, 3.63) is 162 Å². The van der Waals surface area contributed by atoms with Gasteiger partial charge in [-0.3, -0.25) is 0 Å². The van der Waals surface area contributed by atoms with E-state index in [-0.39, 0.29) is 6.04 Å². The molecule has 1 atom stereocenters. The van der Waals surface area contributed by atoms with Crippen molar-refractivity contribution in [2.24, 2.45) is 0 Å². The van der Waals surface area contributed by atoms with Gasteiger partial charge in [0.05, 0.1) is 45.4 Å². The molecule has 0 saturated carbocycles. The summed E-state index contributed by atoms with van der Waals surface area (Å²) in [6.07, 6.45) is 4.44. The van der Waals surface area contributed by atoms with Gasteiger partial charge in [0.15, 0.2) is 0 Å². The quantitative estimate of drug-likeness (QED) is 0.200. The lowest BCUT2D eigenvalue weighted by molar-refractivity contribution is 0.981. The molecule has 0 amide bonds. The number of hydrogen-bond donors (Lipinski definition) is 1. The van der Waals surface area contributed by atoms with E-state index < -0.39 is 0 Å². The number of nitrogens with zero attached hydrogens (tertiary/aromatic N) is 3. The molecule has 0 bridgehead atoms. The first-order valence-electron chi connectivity index (χ1n) is 16.4. The van der Waals surface area contributed by atoms with Crippen LogP contribution in [0.15, 0.2) is 140 Å². The molecule has 228 valence electrons. The minimum atomic E-state index is -0.00657. The van der Waals surface area contributed by atoms with Gasteiger partial charge in [0.25, 0.3) is 0 Å². The van der Waals surface area contributed by atoms with Crippen molar-refractivity contribution < 1.29 is 0 Å². The van der Waals surface area contributed by atoms with Crippen LogP contribution in [0.4, 0.5) is 5.69 Å². The summed E-state index contributed by atoms with van der Waals surface area (Å²) in [6, 6.07) is 47.1. The molecule has 9 rings (SSSR count). The maximum Gasteiger partial charge on any atom is 0.0972 e. The fourth-order valence-corrected chi connectivity index (χ4v) is 6.68. The second-order valence-electron chi connectivity index (χ2n) is 12.7. The van der Waals surface area contributed by atoms with Gasteiger partial charge in [-0.15, -0.1) is 0 Å². The normalized spacial score (nSPS) is 13.9. The third kappa shape index (κ3) is 4.99. The van der Waals surface area contributed by atoms with E-state index in [0.29, 0.717) is 0 Å². The van der Waals surface area contributed by atoms with Crippen LogP contribution in [0, 0.1) is 13.8 Å². The lowest BCUT2D eigenvalue weighted by Crippen LogP contribution is -2.13. The van der Waals surface area contributed by atoms with Crippen molar-refractivity contribution in [3.63, 3.8) is 0 Å². The van der Waals surface area contributed by atoms with E-state index in [4.69, 9.17) is 15.0 Å². The number of benzene rings is 5. The first-order chi connectivity index (χ1) is 23.6. The van der Waals surface area contributed by atoms with Gasteiger partial charge in [0, 0.05) is 32.8 Å². The highest BCUT2D eigenvalue weighted by atomic mass is 14.9. The highest BCUT2D eigenvalue weighted by molar-refractivity contribution is 6.04. The molecule has 1 N–H and O–H groups in total. The van der Waals surface area contributed by atoms with Crippen molar-refractivity contribution in [1.29, 1.82) is 0 Å². The molecule has 0 spiro atoms. The summed E-state index contributed by atoms with van der Waals surface area (Å²) in [7, 11) is 0. The number of fused-ring (bicyclic) bond motifs is 6. The van der Waals surface area contributed by atoms with E-state index >= 15 is 0 Å². The topological polar surface area (TPSA) is 50.7 Å². The molecule has 48 heavy (non-hydrogen) atoms. The average Bonchev–Trinajstić information content (AvgIpc) is 3.14. The van der Waals surface area contributed by atoms with E-state index in [2.05, 4.69) is 165 Å². The number of aryl methyl sites for hydroxylation is 2. The Kier molecular flexibility index (Phi) is 6.61. The standard InChI is InChI=1S/C44H32N4/c1-27-6-10-29(11-7-27)37-22-18-31-14-16-33-20-24-39(47-43(33)41(31)45-37)35-4-3-5-36(26-35)40-25-21-34-17-15-32-19-23-38(46-42(32)44(34)48-40)30-12-8-28(2)9-13-30/h3-26,39,47H,1-2H3. The minimum Gasteiger partial charge on any atom is -0.372 e. The zero-order chi connectivity index (χ0) is 32.2. The molecule has 8 aromatic rings. The fraction of sp³-hybridized carbons (Fsp3) is 0.0682. The van der Waals surface area contributed by atoms with Crippen LogP contribution in [0.25, 0.3) is 72.6 Å². The van der Waals surface area contributed by atoms with Crippen LogP contribution < -0.4 is 5.32 Å². The zero-order valence-electron chi connectivity index (χ0n) is 26.8. The molecule has 5 aromatic carbocycles. The number of anilines is 1. The Morgan fingerprint density at radius 2 is 0.979 bits per heavy atom. The van der Waals surface area contributed by atoms with Crippen molar-refractivity contribution in [3.8, 4) is 33.8 Å². The summed E-state index contributed by atoms with van der Waals surface area (Å²) in [5.41, 5.74) is 14.8. The Morgan fingerprint density at radius 1 is 0.479 bits per heavy atom. The Labute approximate surface area is 279 Å². The molecule has 0 aliphatic carbocycles. The summed E-state index contributed by atoms with van der Waals surface area (Å²) in [4.78, 5) is 15.5. The molecular formula is C44H32N4. The van der Waals surface area contributed by atoms with Gasteiger partial charge in [-0.05, 0) is 49.2 Å². The smallest absolute Gasteiger partial charge is 0.0972 e. The fourth-order valence-electron chi connectivity index (χ4n) is 6.68. The van der Waals surface area contributed by atoms with Gasteiger partial charge in [0.2, 0.25) is 0 Å². The molecule has 3 aromatic heterocycles. The summed E-state index contributed by atoms with van der Waals surface area (Å²) < 4.78 is 0. The number of hydrogen-bond acceptors (Lipinski definition) is 4. The Morgan fingerprint density at radius 3 is 1.58 bits per heavy atom. The van der Waals surface area contributed by atoms with Crippen LogP contribution in [0.3, 0.4) is 0 Å².